The third-order valence-corrected chi connectivity index (χ3v) is 5.44. The second-order valence-electron chi connectivity index (χ2n) is 5.79. The number of phenolic OH excluding ortho intramolecular Hbond substituents is 1. The highest BCUT2D eigenvalue weighted by atomic mass is 35.5. The number of hydrogen-bond acceptors (Lipinski definition) is 7. The fourth-order valence-electron chi connectivity index (χ4n) is 2.66. The van der Waals surface area contributed by atoms with E-state index in [4.69, 9.17) is 21.1 Å². The maximum absolute atomic E-state index is 12.5. The summed E-state index contributed by atoms with van der Waals surface area (Å²) in [6.45, 7) is 3.63. The number of aromatic hydroxyl groups is 1. The van der Waals surface area contributed by atoms with Crippen LogP contribution in [0.4, 0.5) is 0 Å². The van der Waals surface area contributed by atoms with Gasteiger partial charge >= 0.3 is 5.97 Å². The quantitative estimate of drug-likeness (QED) is 0.606. The average molecular weight is 421 g/mol. The highest BCUT2D eigenvalue weighted by Crippen LogP contribution is 2.31. The second-order valence-corrected chi connectivity index (χ2v) is 7.20. The number of aromatic amines is 1. The Labute approximate surface area is 169 Å². The fraction of sp³-hybridized carbons (Fsp3) is 0.211. The predicted octanol–water partition coefficient (Wildman–Crippen LogP) is 3.92. The summed E-state index contributed by atoms with van der Waals surface area (Å²) < 4.78 is 10.0. The number of H-pyrrole nitrogens is 1. The molecular weight excluding hydrogens is 404 g/mol. The number of hydrogen-bond donors (Lipinski definition) is 2. The number of aromatic nitrogens is 2. The number of rotatable bonds is 5. The predicted molar refractivity (Wildman–Crippen MR) is 109 cm³/mol. The zero-order valence-electron chi connectivity index (χ0n) is 15.3. The molecule has 2 heterocycles. The van der Waals surface area contributed by atoms with Crippen LogP contribution in [-0.2, 0) is 4.74 Å². The van der Waals surface area contributed by atoms with Crippen LogP contribution >= 0.6 is 22.9 Å². The van der Waals surface area contributed by atoms with Crippen molar-refractivity contribution in [1.29, 1.82) is 0 Å². The summed E-state index contributed by atoms with van der Waals surface area (Å²) in [4.78, 5) is 32.3. The van der Waals surface area contributed by atoms with Crippen molar-refractivity contribution in [2.45, 2.75) is 13.8 Å². The van der Waals surface area contributed by atoms with E-state index >= 15 is 0 Å². The lowest BCUT2D eigenvalue weighted by Crippen LogP contribution is -2.10. The number of carbonyl (C=O) groups is 1. The number of benzene rings is 1. The highest BCUT2D eigenvalue weighted by molar-refractivity contribution is 7.20. The smallest absolute Gasteiger partial charge is 0.348 e. The van der Waals surface area contributed by atoms with Crippen molar-refractivity contribution < 1.29 is 19.4 Å². The number of halogens is 1. The van der Waals surface area contributed by atoms with Gasteiger partial charge in [0.1, 0.15) is 9.71 Å². The Kier molecular flexibility index (Phi) is 5.71. The van der Waals surface area contributed by atoms with Gasteiger partial charge in [-0.15, -0.1) is 11.3 Å². The Morgan fingerprint density at radius 2 is 2.18 bits per heavy atom. The minimum absolute atomic E-state index is 0.0365. The fourth-order valence-corrected chi connectivity index (χ4v) is 3.95. The summed E-state index contributed by atoms with van der Waals surface area (Å²) in [6, 6.07) is 4.77. The molecule has 0 spiro atoms. The number of thiophene rings is 1. The van der Waals surface area contributed by atoms with Crippen LogP contribution in [0.15, 0.2) is 23.0 Å². The van der Waals surface area contributed by atoms with Gasteiger partial charge in [-0.05, 0) is 43.2 Å². The summed E-state index contributed by atoms with van der Waals surface area (Å²) in [5.41, 5.74) is 0.730. The molecule has 3 aromatic rings. The molecule has 2 aromatic heterocycles. The number of phenols is 1. The maximum Gasteiger partial charge on any atom is 0.348 e. The van der Waals surface area contributed by atoms with Crippen LogP contribution in [0.3, 0.4) is 0 Å². The van der Waals surface area contributed by atoms with Crippen LogP contribution in [0.2, 0.25) is 0 Å². The summed E-state index contributed by atoms with van der Waals surface area (Å²) in [6.07, 6.45) is 1.55. The molecule has 0 fully saturated rings. The molecule has 0 saturated heterocycles. The molecule has 3 rings (SSSR count). The van der Waals surface area contributed by atoms with Crippen molar-refractivity contribution in [3.8, 4) is 11.5 Å². The highest BCUT2D eigenvalue weighted by Gasteiger charge is 2.20. The Balaban J connectivity index is 2.05. The lowest BCUT2D eigenvalue weighted by Gasteiger charge is -2.04. The zero-order valence-corrected chi connectivity index (χ0v) is 16.9. The first-order valence-electron chi connectivity index (χ1n) is 8.30. The van der Waals surface area contributed by atoms with Crippen molar-refractivity contribution in [3.05, 3.63) is 50.4 Å². The number of nitrogens with zero attached hydrogens (tertiary/aromatic N) is 1. The number of esters is 1. The normalized spacial score (nSPS) is 11.6. The molecule has 9 heteroatoms. The van der Waals surface area contributed by atoms with Gasteiger partial charge in [-0.25, -0.2) is 9.78 Å². The number of nitrogens with one attached hydrogen (secondary N) is 1. The number of fused-ring (bicyclic) bond motifs is 1. The van der Waals surface area contributed by atoms with Gasteiger partial charge in [0.15, 0.2) is 17.3 Å². The Morgan fingerprint density at radius 3 is 2.82 bits per heavy atom. The number of methoxy groups -OCH3 is 1. The first-order chi connectivity index (χ1) is 13.3. The molecule has 0 aliphatic carbocycles. The van der Waals surface area contributed by atoms with E-state index < -0.39 is 11.5 Å². The van der Waals surface area contributed by atoms with E-state index in [-0.39, 0.29) is 23.2 Å². The minimum Gasteiger partial charge on any atom is -0.504 e. The molecule has 1 aromatic carbocycles. The first-order valence-corrected chi connectivity index (χ1v) is 9.50. The topological polar surface area (TPSA) is 102 Å². The van der Waals surface area contributed by atoms with Gasteiger partial charge in [-0.1, -0.05) is 17.7 Å². The molecule has 0 atom stereocenters. The van der Waals surface area contributed by atoms with Crippen LogP contribution < -0.4 is 10.3 Å². The van der Waals surface area contributed by atoms with Gasteiger partial charge < -0.3 is 19.6 Å². The van der Waals surface area contributed by atoms with E-state index in [1.807, 2.05) is 0 Å². The molecule has 7 nitrogen and oxygen atoms in total. The van der Waals surface area contributed by atoms with E-state index in [1.165, 1.54) is 13.2 Å². The van der Waals surface area contributed by atoms with Crippen LogP contribution in [-0.4, -0.2) is 34.8 Å². The maximum atomic E-state index is 12.5. The largest absolute Gasteiger partial charge is 0.504 e. The lowest BCUT2D eigenvalue weighted by molar-refractivity contribution is 0.0531. The molecule has 0 aliphatic heterocycles. The third kappa shape index (κ3) is 3.74. The summed E-state index contributed by atoms with van der Waals surface area (Å²) in [5, 5.41) is 10.4. The van der Waals surface area contributed by atoms with E-state index in [0.29, 0.717) is 32.0 Å². The van der Waals surface area contributed by atoms with Gasteiger partial charge in [-0.3, -0.25) is 4.79 Å². The molecular formula is C19H17ClN2O5S. The first kappa shape index (κ1) is 19.9. The molecule has 0 aliphatic rings. The Morgan fingerprint density at radius 1 is 1.43 bits per heavy atom. The van der Waals surface area contributed by atoms with Gasteiger partial charge in [0.25, 0.3) is 5.56 Å². The van der Waals surface area contributed by atoms with E-state index in [1.54, 1.807) is 32.1 Å². The molecule has 146 valence electrons. The van der Waals surface area contributed by atoms with Crippen LogP contribution in [0, 0.1) is 6.92 Å². The summed E-state index contributed by atoms with van der Waals surface area (Å²) >= 11 is 7.41. The second kappa shape index (κ2) is 8.04. The molecule has 0 unspecified atom stereocenters. The van der Waals surface area contributed by atoms with Gasteiger partial charge in [0.05, 0.1) is 24.1 Å². The van der Waals surface area contributed by atoms with E-state index in [0.717, 1.165) is 11.3 Å². The van der Waals surface area contributed by atoms with Crippen molar-refractivity contribution >= 4 is 50.2 Å². The van der Waals surface area contributed by atoms with Crippen LogP contribution in [0.5, 0.6) is 11.5 Å². The lowest BCUT2D eigenvalue weighted by atomic mass is 10.2. The van der Waals surface area contributed by atoms with Crippen molar-refractivity contribution in [2.75, 3.05) is 13.7 Å². The van der Waals surface area contributed by atoms with Crippen molar-refractivity contribution in [2.24, 2.45) is 0 Å². The third-order valence-electron chi connectivity index (χ3n) is 3.98. The van der Waals surface area contributed by atoms with Gasteiger partial charge in [-0.2, -0.15) is 0 Å². The van der Waals surface area contributed by atoms with Crippen molar-refractivity contribution in [3.63, 3.8) is 0 Å². The average Bonchev–Trinajstić information content (AvgIpc) is 2.99. The molecule has 0 amide bonds. The molecule has 28 heavy (non-hydrogen) atoms. The van der Waals surface area contributed by atoms with E-state index in [9.17, 15) is 14.7 Å². The standard InChI is InChI=1S/C19H17ClN2O5S/c1-4-27-19(25)15-9(2)14-17(24)21-16(22-18(14)28-15)11(20)7-10-5-6-13(26-3)12(23)8-10/h5-8,23H,4H2,1-3H3,(H,21,22,24). The van der Waals surface area contributed by atoms with Crippen LogP contribution in [0.1, 0.15) is 33.5 Å². The number of ether oxygens (including phenoxy) is 2. The zero-order chi connectivity index (χ0) is 20.4. The number of aryl methyl sites for hydroxylation is 1. The molecule has 0 saturated carbocycles. The Hall–Kier alpha value is -2.84. The van der Waals surface area contributed by atoms with Crippen molar-refractivity contribution in [1.82, 2.24) is 9.97 Å². The minimum atomic E-state index is -0.487. The number of carbonyl (C=O) groups excluding carboxylic acids is 1. The summed E-state index contributed by atoms with van der Waals surface area (Å²) in [5.74, 6) is -0.0298. The molecule has 0 radical (unpaired) electrons. The molecule has 2 N–H and O–H groups in total. The molecule has 0 bridgehead atoms. The summed E-state index contributed by atoms with van der Waals surface area (Å²) in [7, 11) is 1.45. The SMILES string of the molecule is CCOC(=O)c1sc2nc(C(Cl)=Cc3ccc(OC)c(O)c3)[nH]c(=O)c2c1C. The van der Waals surface area contributed by atoms with Crippen LogP contribution in [0.25, 0.3) is 21.3 Å². The monoisotopic (exact) mass is 420 g/mol. The van der Waals surface area contributed by atoms with Gasteiger partial charge in [0.2, 0.25) is 0 Å². The van der Waals surface area contributed by atoms with E-state index in [2.05, 4.69) is 9.97 Å². The van der Waals surface area contributed by atoms with Gasteiger partial charge in [0, 0.05) is 0 Å². The Bertz CT molecular complexity index is 1150.